The Morgan fingerprint density at radius 1 is 1.11 bits per heavy atom. The monoisotopic (exact) mass is 243 g/mol. The fourth-order valence-corrected chi connectivity index (χ4v) is 4.25. The molecule has 0 aromatic heterocycles. The molecular formula is C13H13N3O2. The van der Waals surface area contributed by atoms with Gasteiger partial charge in [0.1, 0.15) is 0 Å². The van der Waals surface area contributed by atoms with E-state index in [1.807, 2.05) is 12.1 Å². The van der Waals surface area contributed by atoms with Crippen molar-refractivity contribution in [2.75, 3.05) is 0 Å². The predicted octanol–water partition coefficient (Wildman–Crippen LogP) is 0.873. The molecule has 3 aliphatic rings. The first-order valence-corrected chi connectivity index (χ1v) is 6.21. The van der Waals surface area contributed by atoms with Gasteiger partial charge in [-0.3, -0.25) is 14.9 Å². The van der Waals surface area contributed by atoms with Gasteiger partial charge in [0.15, 0.2) is 10.8 Å². The number of amides is 2. The number of carbonyl (C=O) groups excluding carboxylic acids is 2. The number of carbonyl (C=O) groups is 2. The van der Waals surface area contributed by atoms with Gasteiger partial charge in [0.05, 0.1) is 12.1 Å². The Morgan fingerprint density at radius 2 is 1.56 bits per heavy atom. The van der Waals surface area contributed by atoms with Crippen molar-refractivity contribution in [3.8, 4) is 12.1 Å². The van der Waals surface area contributed by atoms with E-state index in [1.54, 1.807) is 0 Å². The Hall–Kier alpha value is -1.88. The van der Waals surface area contributed by atoms with Gasteiger partial charge in [0.2, 0.25) is 11.8 Å². The molecule has 2 saturated carbocycles. The lowest BCUT2D eigenvalue weighted by molar-refractivity contribution is -0.131. The average molecular weight is 243 g/mol. The number of nitrogens with one attached hydrogen (secondary N) is 1. The molecule has 5 nitrogen and oxygen atoms in total. The molecule has 0 unspecified atom stereocenters. The van der Waals surface area contributed by atoms with Gasteiger partial charge >= 0.3 is 0 Å². The van der Waals surface area contributed by atoms with Crippen molar-refractivity contribution in [1.82, 2.24) is 5.32 Å². The number of hydrogen-bond donors (Lipinski definition) is 1. The SMILES string of the molecule is CC1CCC2(CC1)[C@]1(C#N)C(=O)NC(=O)[C@]21C#N. The first kappa shape index (κ1) is 11.2. The van der Waals surface area contributed by atoms with Crippen LogP contribution in [0.25, 0.3) is 0 Å². The van der Waals surface area contributed by atoms with Crippen LogP contribution in [0.3, 0.4) is 0 Å². The van der Waals surface area contributed by atoms with E-state index in [0.717, 1.165) is 12.8 Å². The molecule has 2 amide bonds. The zero-order chi connectivity index (χ0) is 13.2. The molecule has 5 heteroatoms. The molecule has 1 spiro atoms. The van der Waals surface area contributed by atoms with Crippen LogP contribution in [0.4, 0.5) is 0 Å². The molecule has 0 bridgehead atoms. The molecule has 1 heterocycles. The lowest BCUT2D eigenvalue weighted by Gasteiger charge is -2.30. The van der Waals surface area contributed by atoms with Crippen molar-refractivity contribution in [2.45, 2.75) is 32.6 Å². The van der Waals surface area contributed by atoms with E-state index < -0.39 is 28.1 Å². The van der Waals surface area contributed by atoms with Gasteiger partial charge in [-0.2, -0.15) is 10.5 Å². The largest absolute Gasteiger partial charge is 0.293 e. The minimum atomic E-state index is -1.42. The summed E-state index contributed by atoms with van der Waals surface area (Å²) in [5.41, 5.74) is -3.58. The molecular weight excluding hydrogens is 230 g/mol. The van der Waals surface area contributed by atoms with E-state index in [-0.39, 0.29) is 0 Å². The quantitative estimate of drug-likeness (QED) is 0.639. The number of nitrogens with zero attached hydrogens (tertiary/aromatic N) is 2. The second kappa shape index (κ2) is 2.92. The van der Waals surface area contributed by atoms with Crippen molar-refractivity contribution >= 4 is 11.8 Å². The number of rotatable bonds is 0. The van der Waals surface area contributed by atoms with Crippen LogP contribution in [0.15, 0.2) is 0 Å². The molecule has 0 radical (unpaired) electrons. The summed E-state index contributed by atoms with van der Waals surface area (Å²) in [5, 5.41) is 21.0. The molecule has 18 heavy (non-hydrogen) atoms. The predicted molar refractivity (Wildman–Crippen MR) is 59.3 cm³/mol. The molecule has 0 aromatic carbocycles. The zero-order valence-electron chi connectivity index (χ0n) is 10.1. The maximum absolute atomic E-state index is 12.0. The number of fused-ring (bicyclic) bond motifs is 3. The topological polar surface area (TPSA) is 93.8 Å². The van der Waals surface area contributed by atoms with Gasteiger partial charge in [-0.15, -0.1) is 0 Å². The van der Waals surface area contributed by atoms with Crippen LogP contribution in [-0.2, 0) is 9.59 Å². The molecule has 1 aliphatic heterocycles. The number of hydrogen-bond acceptors (Lipinski definition) is 4. The van der Waals surface area contributed by atoms with E-state index >= 15 is 0 Å². The summed E-state index contributed by atoms with van der Waals surface area (Å²) < 4.78 is 0. The van der Waals surface area contributed by atoms with E-state index in [2.05, 4.69) is 12.2 Å². The Morgan fingerprint density at radius 3 is 1.94 bits per heavy atom. The fourth-order valence-electron chi connectivity index (χ4n) is 4.25. The second-order valence-corrected chi connectivity index (χ2v) is 5.77. The zero-order valence-corrected chi connectivity index (χ0v) is 10.1. The minimum Gasteiger partial charge on any atom is -0.293 e. The molecule has 1 N–H and O–H groups in total. The van der Waals surface area contributed by atoms with Crippen LogP contribution < -0.4 is 5.32 Å². The first-order valence-electron chi connectivity index (χ1n) is 6.21. The number of piperidine rings is 1. The average Bonchev–Trinajstić information content (AvgIpc) is 2.79. The third-order valence-electron chi connectivity index (χ3n) is 5.31. The molecule has 2 aliphatic carbocycles. The van der Waals surface area contributed by atoms with E-state index in [4.69, 9.17) is 0 Å². The van der Waals surface area contributed by atoms with E-state index in [0.29, 0.717) is 18.8 Å². The third kappa shape index (κ3) is 0.745. The van der Waals surface area contributed by atoms with Gasteiger partial charge in [-0.1, -0.05) is 19.8 Å². The van der Waals surface area contributed by atoms with Crippen molar-refractivity contribution in [3.05, 3.63) is 0 Å². The summed E-state index contributed by atoms with van der Waals surface area (Å²) in [7, 11) is 0. The third-order valence-corrected chi connectivity index (χ3v) is 5.31. The first-order chi connectivity index (χ1) is 8.52. The molecule has 1 saturated heterocycles. The highest BCUT2D eigenvalue weighted by molar-refractivity contribution is 6.19. The van der Waals surface area contributed by atoms with Gasteiger partial charge in [0, 0.05) is 5.41 Å². The van der Waals surface area contributed by atoms with E-state index in [1.165, 1.54) is 0 Å². The summed E-state index contributed by atoms with van der Waals surface area (Å²) in [5.74, 6) is -0.598. The van der Waals surface area contributed by atoms with Crippen LogP contribution >= 0.6 is 0 Å². The lowest BCUT2D eigenvalue weighted by atomic mass is 9.73. The highest BCUT2D eigenvalue weighted by Gasteiger charge is 2.98. The maximum atomic E-state index is 12.0. The van der Waals surface area contributed by atoms with Crippen molar-refractivity contribution < 1.29 is 9.59 Å². The summed E-state index contributed by atoms with van der Waals surface area (Å²) in [6.45, 7) is 2.12. The molecule has 92 valence electrons. The molecule has 2 atom stereocenters. The summed E-state index contributed by atoms with van der Waals surface area (Å²) in [6.07, 6.45) is 2.98. The van der Waals surface area contributed by atoms with Crippen molar-refractivity contribution in [3.63, 3.8) is 0 Å². The highest BCUT2D eigenvalue weighted by atomic mass is 16.2. The van der Waals surface area contributed by atoms with Crippen LogP contribution in [-0.4, -0.2) is 11.8 Å². The summed E-state index contributed by atoms with van der Waals surface area (Å²) in [6, 6.07) is 4.01. The van der Waals surface area contributed by atoms with Crippen molar-refractivity contribution in [2.24, 2.45) is 22.2 Å². The molecule has 0 aromatic rings. The van der Waals surface area contributed by atoms with Crippen LogP contribution in [0.5, 0.6) is 0 Å². The molecule has 3 fully saturated rings. The van der Waals surface area contributed by atoms with Gasteiger partial charge in [-0.05, 0) is 18.8 Å². The second-order valence-electron chi connectivity index (χ2n) is 5.77. The lowest BCUT2D eigenvalue weighted by Crippen LogP contribution is -2.39. The Labute approximate surface area is 105 Å². The normalized spacial score (nSPS) is 49.2. The summed E-state index contributed by atoms with van der Waals surface area (Å²) >= 11 is 0. The van der Waals surface area contributed by atoms with Crippen LogP contribution in [0.1, 0.15) is 32.6 Å². The highest BCUT2D eigenvalue weighted by Crippen LogP contribution is 2.84. The Balaban J connectivity index is 2.15. The van der Waals surface area contributed by atoms with Crippen molar-refractivity contribution in [1.29, 1.82) is 10.5 Å². The van der Waals surface area contributed by atoms with Crippen LogP contribution in [0, 0.1) is 44.8 Å². The van der Waals surface area contributed by atoms with Gasteiger partial charge in [0.25, 0.3) is 0 Å². The Kier molecular flexibility index (Phi) is 1.82. The van der Waals surface area contributed by atoms with Gasteiger partial charge in [-0.25, -0.2) is 0 Å². The number of imide groups is 1. The maximum Gasteiger partial charge on any atom is 0.249 e. The van der Waals surface area contributed by atoms with Gasteiger partial charge < -0.3 is 0 Å². The van der Waals surface area contributed by atoms with Crippen LogP contribution in [0.2, 0.25) is 0 Å². The van der Waals surface area contributed by atoms with E-state index in [9.17, 15) is 20.1 Å². The summed E-state index contributed by atoms with van der Waals surface area (Å²) in [4.78, 5) is 24.0. The minimum absolute atomic E-state index is 0.529. The standard InChI is InChI=1S/C13H13N3O2/c1-8-2-4-11(5-3-8)12(6-14)9(17)16-10(18)13(11,12)7-15/h8H,2-5H2,1H3,(H,16,17,18)/t8?,11?,12-,13+. The number of nitriles is 2. The Bertz CT molecular complexity index is 508. The smallest absolute Gasteiger partial charge is 0.249 e. The molecule has 3 rings (SSSR count). The fraction of sp³-hybridized carbons (Fsp3) is 0.692.